The van der Waals surface area contributed by atoms with Gasteiger partial charge in [0.2, 0.25) is 11.8 Å². The van der Waals surface area contributed by atoms with Gasteiger partial charge in [0.1, 0.15) is 5.75 Å². The second-order valence-corrected chi connectivity index (χ2v) is 6.46. The molecule has 0 radical (unpaired) electrons. The second-order valence-electron chi connectivity index (χ2n) is 6.46. The van der Waals surface area contributed by atoms with Crippen LogP contribution >= 0.6 is 0 Å². The number of hydrogen-bond donors (Lipinski definition) is 2. The Morgan fingerprint density at radius 3 is 2.77 bits per heavy atom. The van der Waals surface area contributed by atoms with Gasteiger partial charge in [-0.15, -0.1) is 0 Å². The molecule has 1 fully saturated rings. The highest BCUT2D eigenvalue weighted by molar-refractivity contribution is 5.95. The fourth-order valence-electron chi connectivity index (χ4n) is 3.05. The van der Waals surface area contributed by atoms with Gasteiger partial charge in [0.25, 0.3) is 5.91 Å². The highest BCUT2D eigenvalue weighted by Crippen LogP contribution is 2.18. The molecule has 7 nitrogen and oxygen atoms in total. The van der Waals surface area contributed by atoms with Crippen LogP contribution < -0.4 is 15.8 Å². The third-order valence-electron chi connectivity index (χ3n) is 4.34. The van der Waals surface area contributed by atoms with Crippen molar-refractivity contribution in [2.24, 2.45) is 5.73 Å². The minimum atomic E-state index is -0.561. The van der Waals surface area contributed by atoms with Crippen LogP contribution in [0.5, 0.6) is 5.75 Å². The van der Waals surface area contributed by atoms with Crippen molar-refractivity contribution in [2.45, 2.75) is 45.1 Å². The first-order valence-corrected chi connectivity index (χ1v) is 9.10. The van der Waals surface area contributed by atoms with Crippen molar-refractivity contribution in [1.29, 1.82) is 0 Å². The van der Waals surface area contributed by atoms with Gasteiger partial charge < -0.3 is 20.7 Å². The molecule has 7 heteroatoms. The lowest BCUT2D eigenvalue weighted by atomic mass is 10.0. The van der Waals surface area contributed by atoms with E-state index in [1.165, 1.54) is 0 Å². The topological polar surface area (TPSA) is 102 Å². The van der Waals surface area contributed by atoms with Crippen LogP contribution in [0, 0.1) is 0 Å². The second kappa shape index (κ2) is 9.79. The van der Waals surface area contributed by atoms with Crippen molar-refractivity contribution in [2.75, 3.05) is 19.7 Å². The SMILES string of the molecule is CCCC(=O)NC1CCCN(C(=O)CCOc2ccccc2C(N)=O)C1. The number of nitrogens with zero attached hydrogens (tertiary/aromatic N) is 1. The van der Waals surface area contributed by atoms with Crippen molar-refractivity contribution in [3.63, 3.8) is 0 Å². The van der Waals surface area contributed by atoms with Gasteiger partial charge in [-0.25, -0.2) is 0 Å². The average molecular weight is 361 g/mol. The molecule has 1 aromatic rings. The van der Waals surface area contributed by atoms with Crippen LogP contribution in [-0.2, 0) is 9.59 Å². The summed E-state index contributed by atoms with van der Waals surface area (Å²) in [5, 5.41) is 2.99. The van der Waals surface area contributed by atoms with E-state index in [9.17, 15) is 14.4 Å². The predicted octanol–water partition coefficient (Wildman–Crippen LogP) is 1.46. The number of likely N-dealkylation sites (tertiary alicyclic amines) is 1. The van der Waals surface area contributed by atoms with Gasteiger partial charge in [0, 0.05) is 25.6 Å². The Hall–Kier alpha value is -2.57. The number of ether oxygens (including phenoxy) is 1. The van der Waals surface area contributed by atoms with E-state index in [2.05, 4.69) is 5.32 Å². The summed E-state index contributed by atoms with van der Waals surface area (Å²) in [5.41, 5.74) is 5.61. The van der Waals surface area contributed by atoms with Crippen LogP contribution in [0.15, 0.2) is 24.3 Å². The summed E-state index contributed by atoms with van der Waals surface area (Å²) < 4.78 is 5.57. The molecule has 1 unspecified atom stereocenters. The van der Waals surface area contributed by atoms with E-state index in [1.54, 1.807) is 29.2 Å². The zero-order chi connectivity index (χ0) is 18.9. The van der Waals surface area contributed by atoms with Crippen molar-refractivity contribution in [3.8, 4) is 5.75 Å². The zero-order valence-corrected chi connectivity index (χ0v) is 15.2. The lowest BCUT2D eigenvalue weighted by Gasteiger charge is -2.33. The smallest absolute Gasteiger partial charge is 0.252 e. The molecular weight excluding hydrogens is 334 g/mol. The Bertz CT molecular complexity index is 647. The first-order valence-electron chi connectivity index (χ1n) is 9.10. The van der Waals surface area contributed by atoms with Gasteiger partial charge in [-0.3, -0.25) is 14.4 Å². The largest absolute Gasteiger partial charge is 0.492 e. The number of primary amides is 1. The number of carbonyl (C=O) groups is 3. The molecule has 1 aromatic carbocycles. The Morgan fingerprint density at radius 2 is 2.04 bits per heavy atom. The summed E-state index contributed by atoms with van der Waals surface area (Å²) in [4.78, 5) is 37.3. The molecule has 3 N–H and O–H groups in total. The molecule has 1 saturated heterocycles. The van der Waals surface area contributed by atoms with Gasteiger partial charge in [-0.1, -0.05) is 19.1 Å². The van der Waals surface area contributed by atoms with E-state index < -0.39 is 5.91 Å². The van der Waals surface area contributed by atoms with Gasteiger partial charge in [0.15, 0.2) is 0 Å². The number of rotatable bonds is 8. The van der Waals surface area contributed by atoms with Crippen LogP contribution in [-0.4, -0.2) is 48.4 Å². The third kappa shape index (κ3) is 5.75. The summed E-state index contributed by atoms with van der Waals surface area (Å²) in [6.45, 7) is 3.36. The summed E-state index contributed by atoms with van der Waals surface area (Å²) in [7, 11) is 0. The maximum atomic E-state index is 12.4. The lowest BCUT2D eigenvalue weighted by molar-refractivity contribution is -0.134. The molecule has 0 saturated carbocycles. The molecule has 142 valence electrons. The Kier molecular flexibility index (Phi) is 7.44. The fraction of sp³-hybridized carbons (Fsp3) is 0.526. The highest BCUT2D eigenvalue weighted by Gasteiger charge is 2.24. The van der Waals surface area contributed by atoms with Crippen LogP contribution in [0.3, 0.4) is 0 Å². The number of para-hydroxylation sites is 1. The van der Waals surface area contributed by atoms with E-state index in [0.717, 1.165) is 19.3 Å². The molecule has 1 heterocycles. The standard InChI is InChI=1S/C19H27N3O4/c1-2-6-17(23)21-14-7-5-11-22(13-14)18(24)10-12-26-16-9-4-3-8-15(16)19(20)25/h3-4,8-9,14H,2,5-7,10-13H2,1H3,(H2,20,25)(H,21,23). The molecule has 0 bridgehead atoms. The van der Waals surface area contributed by atoms with Gasteiger partial charge in [0.05, 0.1) is 18.6 Å². The fourth-order valence-corrected chi connectivity index (χ4v) is 3.05. The lowest BCUT2D eigenvalue weighted by Crippen LogP contribution is -2.49. The van der Waals surface area contributed by atoms with Crippen molar-refractivity contribution >= 4 is 17.7 Å². The van der Waals surface area contributed by atoms with E-state index in [1.807, 2.05) is 6.92 Å². The van der Waals surface area contributed by atoms with E-state index in [0.29, 0.717) is 30.8 Å². The number of amides is 3. The van der Waals surface area contributed by atoms with Crippen molar-refractivity contribution in [1.82, 2.24) is 10.2 Å². The van der Waals surface area contributed by atoms with E-state index in [4.69, 9.17) is 10.5 Å². The van der Waals surface area contributed by atoms with Crippen LogP contribution in [0.4, 0.5) is 0 Å². The Labute approximate surface area is 153 Å². The third-order valence-corrected chi connectivity index (χ3v) is 4.34. The van der Waals surface area contributed by atoms with E-state index >= 15 is 0 Å². The van der Waals surface area contributed by atoms with E-state index in [-0.39, 0.29) is 30.9 Å². The summed E-state index contributed by atoms with van der Waals surface area (Å²) >= 11 is 0. The maximum absolute atomic E-state index is 12.4. The first-order chi connectivity index (χ1) is 12.5. The summed E-state index contributed by atoms with van der Waals surface area (Å²) in [6.07, 6.45) is 3.29. The molecule has 1 atom stereocenters. The first kappa shape index (κ1) is 19.8. The monoisotopic (exact) mass is 361 g/mol. The van der Waals surface area contributed by atoms with Crippen LogP contribution in [0.2, 0.25) is 0 Å². The number of carbonyl (C=O) groups excluding carboxylic acids is 3. The molecule has 0 aliphatic carbocycles. The molecule has 0 aromatic heterocycles. The minimum Gasteiger partial charge on any atom is -0.492 e. The van der Waals surface area contributed by atoms with Gasteiger partial charge in [-0.05, 0) is 31.4 Å². The van der Waals surface area contributed by atoms with Gasteiger partial charge >= 0.3 is 0 Å². The Balaban J connectivity index is 1.80. The molecule has 0 spiro atoms. The normalized spacial score (nSPS) is 16.8. The van der Waals surface area contributed by atoms with Crippen molar-refractivity contribution < 1.29 is 19.1 Å². The van der Waals surface area contributed by atoms with Gasteiger partial charge in [-0.2, -0.15) is 0 Å². The predicted molar refractivity (Wildman–Crippen MR) is 97.7 cm³/mol. The number of nitrogens with one attached hydrogen (secondary N) is 1. The highest BCUT2D eigenvalue weighted by atomic mass is 16.5. The zero-order valence-electron chi connectivity index (χ0n) is 15.2. The molecule has 1 aliphatic rings. The maximum Gasteiger partial charge on any atom is 0.252 e. The van der Waals surface area contributed by atoms with Crippen LogP contribution in [0.1, 0.15) is 49.4 Å². The number of hydrogen-bond acceptors (Lipinski definition) is 4. The number of piperidine rings is 1. The molecule has 26 heavy (non-hydrogen) atoms. The minimum absolute atomic E-state index is 0.0169. The molecule has 2 rings (SSSR count). The molecule has 3 amide bonds. The van der Waals surface area contributed by atoms with Crippen LogP contribution in [0.25, 0.3) is 0 Å². The molecular formula is C19H27N3O4. The van der Waals surface area contributed by atoms with Crippen molar-refractivity contribution in [3.05, 3.63) is 29.8 Å². The summed E-state index contributed by atoms with van der Waals surface area (Å²) in [6, 6.07) is 6.72. The number of nitrogens with two attached hydrogens (primary N) is 1. The summed E-state index contributed by atoms with van der Waals surface area (Å²) in [5.74, 6) is -0.154. The molecule has 1 aliphatic heterocycles. The Morgan fingerprint density at radius 1 is 1.27 bits per heavy atom. The number of benzene rings is 1. The quantitative estimate of drug-likeness (QED) is 0.732. The average Bonchev–Trinajstić information content (AvgIpc) is 2.62.